The number of oxazole rings is 1. The summed E-state index contributed by atoms with van der Waals surface area (Å²) in [6, 6.07) is 0.268. The number of nitrogens with zero attached hydrogens (tertiary/aromatic N) is 2. The number of anilines is 1. The number of allylic oxidation sites excluding steroid dienone is 2. The van der Waals surface area contributed by atoms with Crippen molar-refractivity contribution in [3.05, 3.63) is 36.1 Å². The second-order valence-electron chi connectivity index (χ2n) is 7.59. The standard InChI is InChI=1S/C18H28N2O4Si/c1-8-22-16(21)14-12-23-17(19-14)20-11-9-10-15(13(20)2)24-25(6,7)18(3,4)5/h9-13H,8H2,1-7H3/t13-/m0/s1. The van der Waals surface area contributed by atoms with Crippen LogP contribution in [0.25, 0.3) is 0 Å². The third-order valence-corrected chi connectivity index (χ3v) is 9.07. The van der Waals surface area contributed by atoms with Crippen molar-refractivity contribution in [1.82, 2.24) is 4.98 Å². The molecule has 0 aliphatic carbocycles. The number of ether oxygens (including phenoxy) is 1. The molecule has 0 spiro atoms. The van der Waals surface area contributed by atoms with Crippen LogP contribution >= 0.6 is 0 Å². The minimum Gasteiger partial charge on any atom is -0.545 e. The zero-order valence-electron chi connectivity index (χ0n) is 16.1. The Morgan fingerprint density at radius 1 is 1.40 bits per heavy atom. The second kappa shape index (κ2) is 7.07. The van der Waals surface area contributed by atoms with Gasteiger partial charge in [-0.3, -0.25) is 4.90 Å². The molecule has 0 bridgehead atoms. The van der Waals surface area contributed by atoms with Gasteiger partial charge in [-0.05, 0) is 44.1 Å². The minimum absolute atomic E-state index is 0.0761. The molecule has 1 aromatic heterocycles. The average Bonchev–Trinajstić information content (AvgIpc) is 2.98. The number of esters is 1. The molecule has 0 unspecified atom stereocenters. The van der Waals surface area contributed by atoms with E-state index in [1.807, 2.05) is 30.2 Å². The maximum atomic E-state index is 11.8. The summed E-state index contributed by atoms with van der Waals surface area (Å²) in [6.07, 6.45) is 7.07. The molecule has 0 amide bonds. The highest BCUT2D eigenvalue weighted by atomic mass is 28.4. The monoisotopic (exact) mass is 364 g/mol. The van der Waals surface area contributed by atoms with Gasteiger partial charge in [0.05, 0.1) is 12.6 Å². The van der Waals surface area contributed by atoms with Gasteiger partial charge in [-0.2, -0.15) is 4.98 Å². The topological polar surface area (TPSA) is 64.8 Å². The van der Waals surface area contributed by atoms with Crippen LogP contribution < -0.4 is 4.90 Å². The van der Waals surface area contributed by atoms with Crippen LogP contribution in [0.3, 0.4) is 0 Å². The lowest BCUT2D eigenvalue weighted by Crippen LogP contribution is -2.44. The summed E-state index contributed by atoms with van der Waals surface area (Å²) in [7, 11) is -1.94. The molecule has 0 N–H and O–H groups in total. The smallest absolute Gasteiger partial charge is 0.360 e. The van der Waals surface area contributed by atoms with Crippen molar-refractivity contribution in [2.75, 3.05) is 11.5 Å². The van der Waals surface area contributed by atoms with E-state index in [0.717, 1.165) is 5.76 Å². The normalized spacial score (nSPS) is 18.1. The Bertz CT molecular complexity index is 685. The van der Waals surface area contributed by atoms with Crippen LogP contribution in [-0.4, -0.2) is 31.9 Å². The maximum absolute atomic E-state index is 11.8. The molecule has 1 aliphatic rings. The Morgan fingerprint density at radius 3 is 2.68 bits per heavy atom. The minimum atomic E-state index is -1.94. The van der Waals surface area contributed by atoms with Gasteiger partial charge >= 0.3 is 12.0 Å². The molecular formula is C18H28N2O4Si. The Balaban J connectivity index is 2.17. The number of hydrogen-bond donors (Lipinski definition) is 0. The predicted octanol–water partition coefficient (Wildman–Crippen LogP) is 4.48. The molecule has 1 atom stereocenters. The van der Waals surface area contributed by atoms with E-state index >= 15 is 0 Å². The molecule has 0 radical (unpaired) electrons. The van der Waals surface area contributed by atoms with E-state index in [1.54, 1.807) is 6.92 Å². The number of rotatable bonds is 5. The van der Waals surface area contributed by atoms with Gasteiger partial charge < -0.3 is 13.6 Å². The summed E-state index contributed by atoms with van der Waals surface area (Å²) in [5.74, 6) is 0.393. The lowest BCUT2D eigenvalue weighted by Gasteiger charge is -2.40. The van der Waals surface area contributed by atoms with Crippen molar-refractivity contribution in [2.24, 2.45) is 0 Å². The molecule has 7 heteroatoms. The van der Waals surface area contributed by atoms with Crippen molar-refractivity contribution in [3.63, 3.8) is 0 Å². The first kappa shape index (κ1) is 19.3. The molecule has 6 nitrogen and oxygen atoms in total. The van der Waals surface area contributed by atoms with Crippen molar-refractivity contribution in [3.8, 4) is 0 Å². The van der Waals surface area contributed by atoms with Crippen molar-refractivity contribution >= 4 is 20.3 Å². The van der Waals surface area contributed by atoms with Gasteiger partial charge in [0.15, 0.2) is 5.69 Å². The van der Waals surface area contributed by atoms with Gasteiger partial charge in [-0.15, -0.1) is 0 Å². The summed E-state index contributed by atoms with van der Waals surface area (Å²) in [6.45, 7) is 15.1. The van der Waals surface area contributed by atoms with Crippen LogP contribution in [0.2, 0.25) is 18.1 Å². The van der Waals surface area contributed by atoms with Crippen LogP contribution in [-0.2, 0) is 9.16 Å². The zero-order chi connectivity index (χ0) is 18.8. The fourth-order valence-corrected chi connectivity index (χ4v) is 3.25. The van der Waals surface area contributed by atoms with Crippen LogP contribution in [0.1, 0.15) is 45.1 Å². The first-order valence-electron chi connectivity index (χ1n) is 8.55. The molecule has 138 valence electrons. The highest BCUT2D eigenvalue weighted by molar-refractivity contribution is 6.74. The van der Waals surface area contributed by atoms with E-state index < -0.39 is 14.3 Å². The molecule has 1 aliphatic heterocycles. The molecule has 0 saturated carbocycles. The number of hydrogen-bond acceptors (Lipinski definition) is 6. The SMILES string of the molecule is CCOC(=O)c1coc(N2C=CC=C(O[Si](C)(C)C(C)(C)C)[C@@H]2C)n1. The Kier molecular flexibility index (Phi) is 5.46. The Morgan fingerprint density at radius 2 is 2.08 bits per heavy atom. The summed E-state index contributed by atoms with van der Waals surface area (Å²) in [5, 5.41) is 0.111. The maximum Gasteiger partial charge on any atom is 0.360 e. The lowest BCUT2D eigenvalue weighted by atomic mass is 10.2. The highest BCUT2D eigenvalue weighted by Gasteiger charge is 2.41. The number of carbonyl (C=O) groups is 1. The van der Waals surface area contributed by atoms with E-state index in [-0.39, 0.29) is 16.8 Å². The fraction of sp³-hybridized carbons (Fsp3) is 0.556. The fourth-order valence-electron chi connectivity index (χ4n) is 2.11. The van der Waals surface area contributed by atoms with E-state index in [9.17, 15) is 4.79 Å². The molecule has 25 heavy (non-hydrogen) atoms. The first-order valence-corrected chi connectivity index (χ1v) is 11.5. The van der Waals surface area contributed by atoms with Gasteiger partial charge in [0.2, 0.25) is 8.32 Å². The second-order valence-corrected chi connectivity index (χ2v) is 12.3. The highest BCUT2D eigenvalue weighted by Crippen LogP contribution is 2.39. The van der Waals surface area contributed by atoms with Crippen LogP contribution in [0.4, 0.5) is 6.01 Å². The molecule has 0 aromatic carbocycles. The van der Waals surface area contributed by atoms with Gasteiger partial charge in [0.1, 0.15) is 12.0 Å². The van der Waals surface area contributed by atoms with E-state index in [4.69, 9.17) is 13.6 Å². The molecule has 1 aromatic rings. The number of carbonyl (C=O) groups excluding carboxylic acids is 1. The van der Waals surface area contributed by atoms with Gasteiger partial charge in [-0.1, -0.05) is 20.8 Å². The summed E-state index contributed by atoms with van der Waals surface area (Å²) < 4.78 is 16.9. The summed E-state index contributed by atoms with van der Waals surface area (Å²) in [4.78, 5) is 17.9. The molecule has 2 rings (SSSR count). The molecule has 0 fully saturated rings. The van der Waals surface area contributed by atoms with Crippen molar-refractivity contribution in [2.45, 2.75) is 58.8 Å². The predicted molar refractivity (Wildman–Crippen MR) is 99.9 cm³/mol. The van der Waals surface area contributed by atoms with Gasteiger partial charge in [0, 0.05) is 6.20 Å². The first-order chi connectivity index (χ1) is 11.6. The number of aromatic nitrogens is 1. The van der Waals surface area contributed by atoms with Crippen molar-refractivity contribution in [1.29, 1.82) is 0 Å². The van der Waals surface area contributed by atoms with Crippen molar-refractivity contribution < 1.29 is 18.4 Å². The van der Waals surface area contributed by atoms with E-state index in [0.29, 0.717) is 12.6 Å². The van der Waals surface area contributed by atoms with Gasteiger partial charge in [0.25, 0.3) is 0 Å². The largest absolute Gasteiger partial charge is 0.545 e. The van der Waals surface area contributed by atoms with Crippen LogP contribution in [0.15, 0.2) is 34.8 Å². The molecule has 0 saturated heterocycles. The van der Waals surface area contributed by atoms with Gasteiger partial charge in [-0.25, -0.2) is 4.79 Å². The summed E-state index contributed by atoms with van der Waals surface area (Å²) in [5.41, 5.74) is 0.166. The third kappa shape index (κ3) is 4.15. The Hall–Kier alpha value is -2.02. The van der Waals surface area contributed by atoms with Crippen LogP contribution in [0, 0.1) is 0 Å². The summed E-state index contributed by atoms with van der Waals surface area (Å²) >= 11 is 0. The Labute approximate surface area is 150 Å². The van der Waals surface area contributed by atoms with E-state index in [1.165, 1.54) is 6.26 Å². The lowest BCUT2D eigenvalue weighted by molar-refractivity contribution is 0.0519. The van der Waals surface area contributed by atoms with Crippen LogP contribution in [0.5, 0.6) is 0 Å². The molecule has 2 heterocycles. The zero-order valence-corrected chi connectivity index (χ0v) is 17.1. The average molecular weight is 365 g/mol. The quantitative estimate of drug-likeness (QED) is 0.567. The molecular weight excluding hydrogens is 336 g/mol. The third-order valence-electron chi connectivity index (χ3n) is 4.71. The van der Waals surface area contributed by atoms with E-state index in [2.05, 4.69) is 38.8 Å².